The second kappa shape index (κ2) is 31.6. The van der Waals surface area contributed by atoms with Crippen molar-refractivity contribution in [3.8, 4) is 34.5 Å². The van der Waals surface area contributed by atoms with Crippen molar-refractivity contribution >= 4 is 30.4 Å². The van der Waals surface area contributed by atoms with Gasteiger partial charge in [-0.15, -0.1) is 0 Å². The number of aromatic nitrogens is 6. The van der Waals surface area contributed by atoms with Crippen molar-refractivity contribution in [1.29, 1.82) is 0 Å². The van der Waals surface area contributed by atoms with Crippen molar-refractivity contribution in [2.75, 3.05) is 21.3 Å². The molecule has 3 aromatic heterocycles. The second-order valence-corrected chi connectivity index (χ2v) is 31.7. The first kappa shape index (κ1) is 80.8. The molecule has 27 heteroatoms. The minimum atomic E-state index is -5.21. The summed E-state index contributed by atoms with van der Waals surface area (Å²) in [6.45, 7) is 18.0. The second-order valence-electron chi connectivity index (χ2n) is 27.6. The summed E-state index contributed by atoms with van der Waals surface area (Å²) in [5.41, 5.74) is 5.46. The summed E-state index contributed by atoms with van der Waals surface area (Å²) in [5, 5.41) is 0. The quantitative estimate of drug-likeness (QED) is 0.105. The predicted octanol–water partition coefficient (Wildman–Crippen LogP) is 2.12. The molecule has 9 aromatic rings. The van der Waals surface area contributed by atoms with Crippen LogP contribution in [0.3, 0.4) is 0 Å². The van der Waals surface area contributed by atoms with Crippen LogP contribution >= 0.6 is 0 Å². The molecule has 0 fully saturated rings. The zero-order valence-electron chi connectivity index (χ0n) is 59.8. The van der Waals surface area contributed by atoms with Gasteiger partial charge in [-0.3, -0.25) is 0 Å². The summed E-state index contributed by atoms with van der Waals surface area (Å²) >= 11 is 0. The Morgan fingerprint density at radius 1 is 0.343 bits per heavy atom. The van der Waals surface area contributed by atoms with Gasteiger partial charge in [0.05, 0.1) is 36.0 Å². The number of imidazole rings is 3. The van der Waals surface area contributed by atoms with Gasteiger partial charge >= 0.3 is 88.7 Å². The molecule has 12 bridgehead atoms. The van der Waals surface area contributed by atoms with E-state index in [0.717, 1.165) is 16.7 Å². The Hall–Kier alpha value is -5.52. The predicted molar refractivity (Wildman–Crippen MR) is 358 cm³/mol. The average Bonchev–Trinajstić information content (AvgIpc) is 0.844. The van der Waals surface area contributed by atoms with Gasteiger partial charge in [-0.2, -0.15) is 0 Å². The normalized spacial score (nSPS) is 13.0. The van der Waals surface area contributed by atoms with Gasteiger partial charge in [-0.1, -0.05) is 98.7 Å². The van der Waals surface area contributed by atoms with E-state index in [4.69, 9.17) is 28.4 Å². The number of nitrogens with zero attached hydrogens (tertiary/aromatic N) is 6. The van der Waals surface area contributed by atoms with Crippen LogP contribution in [0.15, 0.2) is 125 Å². The maximum atomic E-state index is 13.6. The first-order chi connectivity index (χ1) is 44.9. The van der Waals surface area contributed by atoms with Gasteiger partial charge in [0, 0.05) is 130 Å². The van der Waals surface area contributed by atoms with Gasteiger partial charge in [0.2, 0.25) is 0 Å². The van der Waals surface area contributed by atoms with E-state index in [1.807, 2.05) is 120 Å². The summed E-state index contributed by atoms with van der Waals surface area (Å²) in [7, 11) is -5.82. The average molecular weight is 1440 g/mol. The third-order valence-electron chi connectivity index (χ3n) is 17.5. The molecule has 0 N–H and O–H groups in total. The molecular weight excluding hydrogens is 1350 g/mol. The Morgan fingerprint density at radius 2 is 0.525 bits per heavy atom. The van der Waals surface area contributed by atoms with Crippen LogP contribution in [-0.2, 0) is 126 Å². The maximum absolute atomic E-state index is 13.6. The van der Waals surface area contributed by atoms with E-state index in [2.05, 4.69) is 15.0 Å². The van der Waals surface area contributed by atoms with E-state index in [9.17, 15) is 38.9 Å². The zero-order chi connectivity index (χ0) is 69.8. The molecule has 10 rings (SSSR count). The van der Waals surface area contributed by atoms with Crippen LogP contribution in [0.4, 0.5) is 0 Å². The molecule has 510 valence electrons. The number of benzene rings is 6. The molecule has 0 saturated heterocycles. The van der Waals surface area contributed by atoms with Crippen molar-refractivity contribution in [2.24, 2.45) is 21.1 Å². The Bertz CT molecular complexity index is 4210. The molecule has 99 heavy (non-hydrogen) atoms. The SMILES string of the molecule is COc1c2cc(S(=O)(=O)[O-])cc1Cc1cc(C(C)(C)C)cc(c1OCc1nccn1C)Cc1cc(S(=O)(=O)[O-])cc(c1OC)Cc1cc(C(C)(C)C)cc(c1OCc1nccn1C)Cc1cc(S(=O)(=O)[O-])cc(c1OC)Cc1cc(C(C)(C)C)cc(c1OCc1nccn1C)C2.[Na+].[Na+].[Na+]. The third-order valence-corrected chi connectivity index (χ3v) is 20.0. The van der Waals surface area contributed by atoms with Gasteiger partial charge in [0.15, 0.2) is 0 Å². The fourth-order valence-corrected chi connectivity index (χ4v) is 14.0. The molecule has 0 saturated carbocycles. The first-order valence-electron chi connectivity index (χ1n) is 31.1. The Balaban J connectivity index is 0.00000459. The van der Waals surface area contributed by atoms with E-state index in [-0.39, 0.29) is 198 Å². The molecular formula is C72H81N6Na3O15S3. The van der Waals surface area contributed by atoms with Crippen molar-refractivity contribution in [1.82, 2.24) is 28.7 Å². The molecule has 3 heterocycles. The fraction of sp³-hybridized carbons (Fsp3) is 0.375. The van der Waals surface area contributed by atoms with E-state index >= 15 is 0 Å². The molecule has 0 amide bonds. The van der Waals surface area contributed by atoms with E-state index in [1.54, 1.807) is 50.9 Å². The fourth-order valence-electron chi connectivity index (χ4n) is 12.3. The summed E-state index contributed by atoms with van der Waals surface area (Å²) < 4.78 is 168. The monoisotopic (exact) mass is 1430 g/mol. The number of ether oxygens (including phenoxy) is 6. The Labute approximate surface area is 647 Å². The molecule has 1 aliphatic rings. The number of methoxy groups -OCH3 is 3. The van der Waals surface area contributed by atoms with Crippen LogP contribution < -0.4 is 117 Å². The molecule has 0 spiro atoms. The molecule has 6 aromatic carbocycles. The summed E-state index contributed by atoms with van der Waals surface area (Å²) in [6.07, 6.45) is 9.59. The van der Waals surface area contributed by atoms with Crippen molar-refractivity contribution < 1.29 is 156 Å². The molecule has 21 nitrogen and oxygen atoms in total. The van der Waals surface area contributed by atoms with E-state index in [0.29, 0.717) is 68.1 Å². The van der Waals surface area contributed by atoms with Crippen molar-refractivity contribution in [3.05, 3.63) is 211 Å². The maximum Gasteiger partial charge on any atom is 1.00 e. The van der Waals surface area contributed by atoms with Crippen LogP contribution in [-0.4, -0.2) is 88.9 Å². The largest absolute Gasteiger partial charge is 1.00 e. The molecule has 0 aliphatic heterocycles. The van der Waals surface area contributed by atoms with Gasteiger partial charge in [-0.25, -0.2) is 40.2 Å². The van der Waals surface area contributed by atoms with Gasteiger partial charge in [0.25, 0.3) is 0 Å². The van der Waals surface area contributed by atoms with E-state index in [1.165, 1.54) is 57.7 Å². The van der Waals surface area contributed by atoms with Crippen LogP contribution in [0.1, 0.15) is 163 Å². The summed E-state index contributed by atoms with van der Waals surface area (Å²) in [6, 6.07) is 19.4. The topological polar surface area (TPSA) is 280 Å². The minimum absolute atomic E-state index is 0. The van der Waals surface area contributed by atoms with E-state index < -0.39 is 61.3 Å². The first-order valence-corrected chi connectivity index (χ1v) is 35.4. The Morgan fingerprint density at radius 3 is 0.667 bits per heavy atom. The standard InChI is InChI=1S/C72H84N6O15S3.3Na/c1-70(2,3)55-28-43-22-49-34-58(94(79,80)81)36-51(64(49)88-13)24-45-30-56(71(4,5)6)32-47(68(45)92-41-62-74-17-20-77(62)11)26-53-38-60(96(85,86)87)39-54(66(53)90-15)27-48-33-57(72(7,8)9)31-46(69(48)93-42-63-75-18-21-78(63)12)25-52-37-59(95(82,83)84)35-50(65(52)89-14)23-44(29-55)67(43)91-40-61-73-16-19-76(61)10;;;/h16-21,28-39H,22-27,40-42H2,1-15H3,(H,79,80,81)(H,82,83,84)(H,85,86,87);;;/q;3*+1/p-3. The van der Waals surface area contributed by atoms with Crippen LogP contribution in [0.2, 0.25) is 0 Å². The van der Waals surface area contributed by atoms with Crippen LogP contribution in [0, 0.1) is 0 Å². The van der Waals surface area contributed by atoms with Gasteiger partial charge in [-0.05, 0) is 103 Å². The smallest absolute Gasteiger partial charge is 0.744 e. The molecule has 0 atom stereocenters. The molecule has 1 aliphatic carbocycles. The minimum Gasteiger partial charge on any atom is -0.744 e. The number of rotatable bonds is 15. The number of hydrogen-bond acceptors (Lipinski definition) is 18. The number of hydrogen-bond donors (Lipinski definition) is 0. The zero-order valence-corrected chi connectivity index (χ0v) is 68.2. The van der Waals surface area contributed by atoms with Crippen LogP contribution in [0.25, 0.3) is 0 Å². The molecule has 0 radical (unpaired) electrons. The third kappa shape index (κ3) is 18.7. The Kier molecular flexibility index (Phi) is 25.8. The number of aryl methyl sites for hydroxylation is 3. The van der Waals surface area contributed by atoms with Gasteiger partial charge in [0.1, 0.15) is 102 Å². The van der Waals surface area contributed by atoms with Crippen LogP contribution in [0.5, 0.6) is 34.5 Å². The molecule has 0 unspecified atom stereocenters. The summed E-state index contributed by atoms with van der Waals surface area (Å²) in [4.78, 5) is 12.0. The van der Waals surface area contributed by atoms with Crippen molar-refractivity contribution in [2.45, 2.75) is 152 Å². The number of fused-ring (bicyclic) bond motifs is 12. The van der Waals surface area contributed by atoms with Gasteiger partial charge < -0.3 is 55.8 Å². The van der Waals surface area contributed by atoms with Crippen molar-refractivity contribution in [3.63, 3.8) is 0 Å². The summed E-state index contributed by atoms with van der Waals surface area (Å²) in [5.74, 6) is 3.25.